The van der Waals surface area contributed by atoms with Crippen molar-refractivity contribution in [3.8, 4) is 11.4 Å². The van der Waals surface area contributed by atoms with Crippen LogP contribution in [0.4, 0.5) is 4.39 Å². The van der Waals surface area contributed by atoms with E-state index in [9.17, 15) is 4.79 Å². The van der Waals surface area contributed by atoms with Crippen LogP contribution in [0.25, 0.3) is 11.8 Å². The number of piperidine rings is 1. The number of imidazole rings is 1. The monoisotopic (exact) mass is 490 g/mol. The molecule has 1 unspecified atom stereocenters. The van der Waals surface area contributed by atoms with E-state index in [4.69, 9.17) is 14.3 Å². The summed E-state index contributed by atoms with van der Waals surface area (Å²) in [5.74, 6) is -0.112. The molecule has 36 heavy (non-hydrogen) atoms. The Hall–Kier alpha value is -4.14. The highest BCUT2D eigenvalue weighted by Crippen LogP contribution is 2.42. The van der Waals surface area contributed by atoms with Gasteiger partial charge in [0, 0.05) is 12.7 Å². The van der Waals surface area contributed by atoms with Gasteiger partial charge in [0.15, 0.2) is 5.84 Å². The van der Waals surface area contributed by atoms with E-state index < -0.39 is 17.5 Å². The molecule has 1 atom stereocenters. The third kappa shape index (κ3) is 3.80. The highest BCUT2D eigenvalue weighted by Gasteiger charge is 2.58. The van der Waals surface area contributed by atoms with Crippen LogP contribution in [-0.4, -0.2) is 47.0 Å². The van der Waals surface area contributed by atoms with Gasteiger partial charge in [0.05, 0.1) is 37.5 Å². The smallest absolute Gasteiger partial charge is 0.380 e. The van der Waals surface area contributed by atoms with Crippen molar-refractivity contribution in [3.05, 3.63) is 82.7 Å². The molecule has 0 aliphatic carbocycles. The van der Waals surface area contributed by atoms with Gasteiger partial charge < -0.3 is 23.8 Å². The first-order valence-corrected chi connectivity index (χ1v) is 11.7. The molecule has 2 aromatic carbocycles. The summed E-state index contributed by atoms with van der Waals surface area (Å²) in [6.07, 6.45) is 7.10. The summed E-state index contributed by atoms with van der Waals surface area (Å²) >= 11 is 0. The van der Waals surface area contributed by atoms with Crippen molar-refractivity contribution in [2.45, 2.75) is 32.4 Å². The Morgan fingerprint density at radius 1 is 1.19 bits per heavy atom. The molecule has 186 valence electrons. The lowest BCUT2D eigenvalue weighted by Crippen LogP contribution is -2.54. The highest BCUT2D eigenvalue weighted by atomic mass is 19.1. The van der Waals surface area contributed by atoms with Gasteiger partial charge in [0.25, 0.3) is 0 Å². The van der Waals surface area contributed by atoms with Gasteiger partial charge in [0.2, 0.25) is 0 Å². The number of hydrogen-bond donors (Lipinski definition) is 0. The molecule has 2 aliphatic heterocycles. The number of esters is 1. The number of rotatable bonds is 5. The number of halogens is 1. The first kappa shape index (κ1) is 23.6. The third-order valence-corrected chi connectivity index (χ3v) is 6.50. The summed E-state index contributed by atoms with van der Waals surface area (Å²) in [6, 6.07) is 10.5. The van der Waals surface area contributed by atoms with Crippen LogP contribution in [0.2, 0.25) is 0 Å². The van der Waals surface area contributed by atoms with E-state index >= 15 is 4.39 Å². The predicted octanol–water partition coefficient (Wildman–Crippen LogP) is 4.49. The van der Waals surface area contributed by atoms with Crippen molar-refractivity contribution >= 4 is 17.9 Å². The van der Waals surface area contributed by atoms with Crippen molar-refractivity contribution in [2.75, 3.05) is 20.8 Å². The number of methoxy groups -OCH3 is 2. The van der Waals surface area contributed by atoms with Gasteiger partial charge in [-0.1, -0.05) is 17.3 Å². The Labute approximate surface area is 208 Å². The maximum absolute atomic E-state index is 15.1. The fourth-order valence-electron chi connectivity index (χ4n) is 4.77. The Morgan fingerprint density at radius 3 is 2.72 bits per heavy atom. The van der Waals surface area contributed by atoms with Crippen LogP contribution in [-0.2, 0) is 20.1 Å². The molecule has 3 heterocycles. The molecule has 0 N–H and O–H groups in total. The molecule has 0 bridgehead atoms. The van der Waals surface area contributed by atoms with Gasteiger partial charge in [0.1, 0.15) is 11.6 Å². The normalized spacial score (nSPS) is 20.1. The molecule has 1 aromatic heterocycles. The zero-order valence-corrected chi connectivity index (χ0v) is 20.6. The number of nitrogens with zero attached hydrogens (tertiary/aromatic N) is 4. The molecule has 3 aromatic rings. The van der Waals surface area contributed by atoms with E-state index in [1.807, 2.05) is 42.0 Å². The predicted molar refractivity (Wildman–Crippen MR) is 132 cm³/mol. The van der Waals surface area contributed by atoms with E-state index in [1.54, 1.807) is 37.4 Å². The standard InChI is InChI=1S/C27H27FN4O4/c1-17-7-9-21(22(28)12-17)27(26(33)35-4)32-11-5-6-20(25(32)30-36-27)13-19-8-10-23(24(14-19)34-3)31-15-18(2)29-16-31/h7-10,12-16H,5-6,11H2,1-4H3/b20-13+. The molecule has 0 amide bonds. The molecule has 5 rings (SSSR count). The van der Waals surface area contributed by atoms with E-state index in [1.165, 1.54) is 13.2 Å². The second-order valence-electron chi connectivity index (χ2n) is 8.90. The first-order valence-electron chi connectivity index (χ1n) is 11.7. The maximum atomic E-state index is 15.1. The molecule has 0 saturated carbocycles. The van der Waals surface area contributed by atoms with Gasteiger partial charge >= 0.3 is 11.7 Å². The average Bonchev–Trinajstić information content (AvgIpc) is 3.48. The van der Waals surface area contributed by atoms with Crippen LogP contribution in [0.15, 0.2) is 59.7 Å². The Morgan fingerprint density at radius 2 is 2.03 bits per heavy atom. The highest BCUT2D eigenvalue weighted by molar-refractivity contribution is 6.06. The van der Waals surface area contributed by atoms with Crippen LogP contribution in [0.3, 0.4) is 0 Å². The molecule has 2 aliphatic rings. The fraction of sp³-hybridized carbons (Fsp3) is 0.296. The zero-order chi connectivity index (χ0) is 25.4. The minimum Gasteiger partial charge on any atom is -0.495 e. The van der Waals surface area contributed by atoms with Crippen LogP contribution >= 0.6 is 0 Å². The summed E-state index contributed by atoms with van der Waals surface area (Å²) in [5, 5.41) is 4.27. The third-order valence-electron chi connectivity index (χ3n) is 6.50. The molecule has 9 heteroatoms. The van der Waals surface area contributed by atoms with Crippen molar-refractivity contribution in [1.82, 2.24) is 14.5 Å². The van der Waals surface area contributed by atoms with Crippen molar-refractivity contribution < 1.29 is 23.5 Å². The van der Waals surface area contributed by atoms with Crippen molar-refractivity contribution in [3.63, 3.8) is 0 Å². The SMILES string of the molecule is COC(=O)C1(c2ccc(C)cc2F)ON=C2/C(=C/c3ccc(-n4cnc(C)c4)c(OC)c3)CCCN21. The van der Waals surface area contributed by atoms with Gasteiger partial charge in [-0.3, -0.25) is 0 Å². The van der Waals surface area contributed by atoms with Gasteiger partial charge in [-0.15, -0.1) is 0 Å². The van der Waals surface area contributed by atoms with E-state index in [0.717, 1.165) is 40.9 Å². The number of aromatic nitrogens is 2. The van der Waals surface area contributed by atoms with E-state index in [2.05, 4.69) is 10.1 Å². The van der Waals surface area contributed by atoms with E-state index in [0.29, 0.717) is 18.1 Å². The van der Waals surface area contributed by atoms with Crippen LogP contribution in [0.5, 0.6) is 5.75 Å². The summed E-state index contributed by atoms with van der Waals surface area (Å²) in [7, 11) is 2.88. The van der Waals surface area contributed by atoms with Crippen molar-refractivity contribution in [2.24, 2.45) is 5.16 Å². The number of ether oxygens (including phenoxy) is 2. The number of aryl methyl sites for hydroxylation is 2. The lowest BCUT2D eigenvalue weighted by molar-refractivity contribution is -0.187. The molecular formula is C27H27FN4O4. The second-order valence-corrected chi connectivity index (χ2v) is 8.90. The Balaban J connectivity index is 1.52. The summed E-state index contributed by atoms with van der Waals surface area (Å²) < 4.78 is 27.7. The quantitative estimate of drug-likeness (QED) is 0.491. The maximum Gasteiger partial charge on any atom is 0.380 e. The van der Waals surface area contributed by atoms with Crippen molar-refractivity contribution in [1.29, 1.82) is 0 Å². The minimum atomic E-state index is -1.82. The summed E-state index contributed by atoms with van der Waals surface area (Å²) in [6.45, 7) is 4.17. The number of amidine groups is 1. The lowest BCUT2D eigenvalue weighted by Gasteiger charge is -2.37. The minimum absolute atomic E-state index is 0.0709. The zero-order valence-electron chi connectivity index (χ0n) is 20.6. The number of oxime groups is 1. The van der Waals surface area contributed by atoms with Crippen LogP contribution < -0.4 is 4.74 Å². The first-order chi connectivity index (χ1) is 17.4. The van der Waals surface area contributed by atoms with Gasteiger partial charge in [-0.05, 0) is 73.7 Å². The molecule has 8 nitrogen and oxygen atoms in total. The number of carbonyl (C=O) groups is 1. The largest absolute Gasteiger partial charge is 0.495 e. The summed E-state index contributed by atoms with van der Waals surface area (Å²) in [4.78, 5) is 24.8. The second kappa shape index (κ2) is 9.14. The topological polar surface area (TPSA) is 78.2 Å². The molecule has 0 spiro atoms. The number of carbonyl (C=O) groups excluding carboxylic acids is 1. The number of fused-ring (bicyclic) bond motifs is 1. The number of benzene rings is 2. The fourth-order valence-corrected chi connectivity index (χ4v) is 4.77. The molecule has 1 saturated heterocycles. The summed E-state index contributed by atoms with van der Waals surface area (Å²) in [5.41, 5.74) is 2.52. The molecule has 1 fully saturated rings. The van der Waals surface area contributed by atoms with Crippen LogP contribution in [0, 0.1) is 19.7 Å². The van der Waals surface area contributed by atoms with Gasteiger partial charge in [-0.2, -0.15) is 0 Å². The average molecular weight is 491 g/mol. The Kier molecular flexibility index (Phi) is 5.99. The van der Waals surface area contributed by atoms with E-state index in [-0.39, 0.29) is 5.56 Å². The molecule has 0 radical (unpaired) electrons. The lowest BCUT2D eigenvalue weighted by atomic mass is 9.93. The van der Waals surface area contributed by atoms with Crippen LogP contribution in [0.1, 0.15) is 35.2 Å². The van der Waals surface area contributed by atoms with Gasteiger partial charge in [-0.25, -0.2) is 14.2 Å². The number of hydrogen-bond acceptors (Lipinski definition) is 7. The molecular weight excluding hydrogens is 463 g/mol. The Bertz CT molecular complexity index is 1400.